The van der Waals surface area contributed by atoms with E-state index in [4.69, 9.17) is 0 Å². The zero-order valence-electron chi connectivity index (χ0n) is 16.3. The molecule has 0 aliphatic carbocycles. The number of nitrogens with one attached hydrogen (secondary N) is 1. The maximum Gasteiger partial charge on any atom is 0.522 e. The fourth-order valence-electron chi connectivity index (χ4n) is 3.13. The Morgan fingerprint density at radius 3 is 2.61 bits per heavy atom. The van der Waals surface area contributed by atoms with Crippen molar-refractivity contribution in [2.24, 2.45) is 0 Å². The molecule has 14 heteroatoms. The fraction of sp³-hybridized carbons (Fsp3) is 0.529. The van der Waals surface area contributed by atoms with Gasteiger partial charge in [0.05, 0.1) is 17.4 Å². The number of amides is 1. The molecule has 0 aromatic carbocycles. The zero-order valence-corrected chi connectivity index (χ0v) is 16.3. The maximum atomic E-state index is 12.7. The van der Waals surface area contributed by atoms with Crippen molar-refractivity contribution < 1.29 is 35.9 Å². The minimum atomic E-state index is -4.78. The van der Waals surface area contributed by atoms with Crippen LogP contribution in [0.25, 0.3) is 11.4 Å². The number of alkyl halides is 6. The normalized spacial score (nSPS) is 20.3. The van der Waals surface area contributed by atoms with Crippen LogP contribution in [-0.2, 0) is 16.1 Å². The third-order valence-electron chi connectivity index (χ3n) is 4.68. The fourth-order valence-corrected chi connectivity index (χ4v) is 3.13. The van der Waals surface area contributed by atoms with Gasteiger partial charge in [0.1, 0.15) is 30.8 Å². The molecule has 170 valence electrons. The van der Waals surface area contributed by atoms with E-state index < -0.39 is 43.2 Å². The molecule has 1 fully saturated rings. The summed E-state index contributed by atoms with van der Waals surface area (Å²) in [6, 6.07) is 1.07. The molecule has 8 nitrogen and oxygen atoms in total. The second-order valence-electron chi connectivity index (χ2n) is 6.98. The molecule has 0 saturated carbocycles. The lowest BCUT2D eigenvalue weighted by atomic mass is 10.00. The van der Waals surface area contributed by atoms with E-state index in [1.165, 1.54) is 37.1 Å². The van der Waals surface area contributed by atoms with Crippen LogP contribution < -0.4 is 5.32 Å². The lowest BCUT2D eigenvalue weighted by molar-refractivity contribution is -0.359. The molecule has 1 unspecified atom stereocenters. The molecule has 1 aliphatic rings. The highest BCUT2D eigenvalue weighted by Crippen LogP contribution is 2.29. The van der Waals surface area contributed by atoms with E-state index in [9.17, 15) is 31.1 Å². The quantitative estimate of drug-likeness (QED) is 0.679. The molecule has 1 aliphatic heterocycles. The van der Waals surface area contributed by atoms with Gasteiger partial charge in [-0.3, -0.25) is 14.2 Å². The van der Waals surface area contributed by atoms with Crippen LogP contribution in [-0.4, -0.2) is 67.8 Å². The summed E-state index contributed by atoms with van der Waals surface area (Å²) in [6.45, 7) is 1.42. The largest absolute Gasteiger partial charge is 0.522 e. The number of hydrogen-bond acceptors (Lipinski definition) is 6. The van der Waals surface area contributed by atoms with E-state index in [0.717, 1.165) is 11.0 Å². The van der Waals surface area contributed by atoms with Crippen molar-refractivity contribution in [3.05, 3.63) is 24.7 Å². The number of carbonyl (C=O) groups is 1. The Bertz CT molecular complexity index is 930. The molecule has 31 heavy (non-hydrogen) atoms. The Morgan fingerprint density at radius 1 is 1.29 bits per heavy atom. The number of aromatic nitrogens is 4. The molecule has 3 atom stereocenters. The summed E-state index contributed by atoms with van der Waals surface area (Å²) < 4.78 is 79.8. The summed E-state index contributed by atoms with van der Waals surface area (Å²) in [5, 5.41) is 6.43. The molecular weight excluding hydrogens is 434 g/mol. The standard InChI is InChI=1S/C17H18F6N6O2/c1-9(15(30)28-6-13(10(28)2)31-17(21,22)23)27-14-5-11(24-8-25-14)12-3-4-26-29(12)7-16(18,19)20/h3-5,8-10,13H,6-7H2,1-2H3,(H,24,25,27)/t9-,10+,13?/m1/s1. The second-order valence-corrected chi connectivity index (χ2v) is 6.98. The molecule has 0 bridgehead atoms. The van der Waals surface area contributed by atoms with Crippen molar-refractivity contribution in [1.29, 1.82) is 0 Å². The summed E-state index contributed by atoms with van der Waals surface area (Å²) in [5.41, 5.74) is 0.250. The predicted molar refractivity (Wildman–Crippen MR) is 94.5 cm³/mol. The molecule has 1 saturated heterocycles. The van der Waals surface area contributed by atoms with Crippen molar-refractivity contribution in [2.45, 2.75) is 51.1 Å². The average Bonchev–Trinajstić information content (AvgIpc) is 3.09. The van der Waals surface area contributed by atoms with Crippen LogP contribution >= 0.6 is 0 Å². The van der Waals surface area contributed by atoms with Crippen LogP contribution in [0.15, 0.2) is 24.7 Å². The van der Waals surface area contributed by atoms with E-state index in [1.54, 1.807) is 0 Å². The average molecular weight is 452 g/mol. The number of carbonyl (C=O) groups excluding carboxylic acids is 1. The van der Waals surface area contributed by atoms with Gasteiger partial charge in [-0.15, -0.1) is 13.2 Å². The number of rotatable bonds is 6. The number of anilines is 1. The van der Waals surface area contributed by atoms with Gasteiger partial charge in [-0.1, -0.05) is 0 Å². The number of nitrogens with zero attached hydrogens (tertiary/aromatic N) is 5. The molecule has 2 aromatic heterocycles. The van der Waals surface area contributed by atoms with E-state index in [2.05, 4.69) is 25.1 Å². The van der Waals surface area contributed by atoms with Crippen LogP contribution in [0.1, 0.15) is 13.8 Å². The van der Waals surface area contributed by atoms with Crippen LogP contribution in [0.2, 0.25) is 0 Å². The van der Waals surface area contributed by atoms with E-state index in [-0.39, 0.29) is 23.8 Å². The smallest absolute Gasteiger partial charge is 0.359 e. The summed E-state index contributed by atoms with van der Waals surface area (Å²) in [6.07, 6.45) is -8.09. The molecule has 1 N–H and O–H groups in total. The Balaban J connectivity index is 1.65. The monoisotopic (exact) mass is 452 g/mol. The first-order valence-corrected chi connectivity index (χ1v) is 9.06. The first-order valence-electron chi connectivity index (χ1n) is 9.06. The summed E-state index contributed by atoms with van der Waals surface area (Å²) in [4.78, 5) is 21.6. The molecule has 1 amide bonds. The van der Waals surface area contributed by atoms with Crippen molar-refractivity contribution in [1.82, 2.24) is 24.6 Å². The highest BCUT2D eigenvalue weighted by molar-refractivity contribution is 5.85. The van der Waals surface area contributed by atoms with E-state index in [0.29, 0.717) is 0 Å². The van der Waals surface area contributed by atoms with Crippen molar-refractivity contribution >= 4 is 11.7 Å². The van der Waals surface area contributed by atoms with Gasteiger partial charge in [-0.05, 0) is 19.9 Å². The minimum Gasteiger partial charge on any atom is -0.359 e. The topological polar surface area (TPSA) is 85.2 Å². The van der Waals surface area contributed by atoms with Crippen LogP contribution in [0.4, 0.5) is 32.2 Å². The van der Waals surface area contributed by atoms with Crippen LogP contribution in [0, 0.1) is 0 Å². The van der Waals surface area contributed by atoms with Gasteiger partial charge in [0, 0.05) is 18.8 Å². The Kier molecular flexibility index (Phi) is 6.11. The SMILES string of the molecule is C[C@@H](Nc1cc(-c2ccnn2CC(F)(F)F)ncn1)C(=O)N1CC(OC(F)(F)F)[C@@H]1C. The maximum absolute atomic E-state index is 12.7. The second kappa shape index (κ2) is 8.32. The molecule has 3 rings (SSSR count). The van der Waals surface area contributed by atoms with Gasteiger partial charge in [0.25, 0.3) is 0 Å². The van der Waals surface area contributed by atoms with Crippen molar-refractivity contribution in [2.75, 3.05) is 11.9 Å². The Hall–Kier alpha value is -2.90. The van der Waals surface area contributed by atoms with Gasteiger partial charge in [-0.2, -0.15) is 18.3 Å². The van der Waals surface area contributed by atoms with Gasteiger partial charge in [-0.25, -0.2) is 9.97 Å². The molecule has 3 heterocycles. The molecule has 0 radical (unpaired) electrons. The summed E-state index contributed by atoms with van der Waals surface area (Å²) >= 11 is 0. The van der Waals surface area contributed by atoms with Crippen molar-refractivity contribution in [3.8, 4) is 11.4 Å². The zero-order chi connectivity index (χ0) is 23.0. The molecule has 0 spiro atoms. The highest BCUT2D eigenvalue weighted by Gasteiger charge is 2.46. The first-order chi connectivity index (χ1) is 14.3. The summed E-state index contributed by atoms with van der Waals surface area (Å²) in [5.74, 6) is -0.321. The van der Waals surface area contributed by atoms with Crippen LogP contribution in [0.3, 0.4) is 0 Å². The van der Waals surface area contributed by atoms with Crippen LogP contribution in [0.5, 0.6) is 0 Å². The highest BCUT2D eigenvalue weighted by atomic mass is 19.4. The van der Waals surface area contributed by atoms with Gasteiger partial charge in [0.15, 0.2) is 0 Å². The van der Waals surface area contributed by atoms with E-state index in [1.807, 2.05) is 0 Å². The first kappa shape index (κ1) is 22.8. The van der Waals surface area contributed by atoms with Crippen molar-refractivity contribution in [3.63, 3.8) is 0 Å². The molecule has 2 aromatic rings. The Labute approximate surface area is 172 Å². The third-order valence-corrected chi connectivity index (χ3v) is 4.68. The van der Waals surface area contributed by atoms with Gasteiger partial charge >= 0.3 is 12.5 Å². The predicted octanol–water partition coefficient (Wildman–Crippen LogP) is 2.84. The number of halogens is 6. The lowest BCUT2D eigenvalue weighted by Crippen LogP contribution is -2.64. The summed E-state index contributed by atoms with van der Waals surface area (Å²) in [7, 11) is 0. The number of likely N-dealkylation sites (tertiary alicyclic amines) is 1. The third kappa shape index (κ3) is 5.62. The van der Waals surface area contributed by atoms with E-state index >= 15 is 0 Å². The van der Waals surface area contributed by atoms with Gasteiger partial charge < -0.3 is 10.2 Å². The Morgan fingerprint density at radius 2 is 2.00 bits per heavy atom. The number of hydrogen-bond donors (Lipinski definition) is 1. The lowest BCUT2D eigenvalue weighted by Gasteiger charge is -2.46. The number of ether oxygens (including phenoxy) is 1. The molecular formula is C17H18F6N6O2. The van der Waals surface area contributed by atoms with Gasteiger partial charge in [0.2, 0.25) is 5.91 Å². The minimum absolute atomic E-state index is 0.102.